The highest BCUT2D eigenvalue weighted by molar-refractivity contribution is 7.80. The van der Waals surface area contributed by atoms with Gasteiger partial charge < -0.3 is 42.5 Å². The summed E-state index contributed by atoms with van der Waals surface area (Å²) in [6, 6.07) is 1.15. The van der Waals surface area contributed by atoms with Gasteiger partial charge in [-0.15, -0.1) is 0 Å². The van der Waals surface area contributed by atoms with Gasteiger partial charge in [0.1, 0.15) is 29.9 Å². The first-order valence-corrected chi connectivity index (χ1v) is 14.3. The number of carboxylic acids is 1. The molecule has 2 rings (SSSR count). The van der Waals surface area contributed by atoms with Crippen LogP contribution in [0.25, 0.3) is 0 Å². The number of phenols is 1. The van der Waals surface area contributed by atoms with Gasteiger partial charge in [0.2, 0.25) is 23.6 Å². The average Bonchev–Trinajstić information content (AvgIpc) is 3.46. The predicted molar refractivity (Wildman–Crippen MR) is 155 cm³/mol. The van der Waals surface area contributed by atoms with Crippen molar-refractivity contribution in [1.82, 2.24) is 26.6 Å². The normalized spacial score (nSPS) is 17.6. The second-order valence-corrected chi connectivity index (χ2v) is 10.9. The summed E-state index contributed by atoms with van der Waals surface area (Å²) >= 11 is 3.97. The summed E-state index contributed by atoms with van der Waals surface area (Å²) in [6.07, 6.45) is 1.83. The van der Waals surface area contributed by atoms with Crippen molar-refractivity contribution in [2.45, 2.75) is 76.2 Å². The van der Waals surface area contributed by atoms with Crippen molar-refractivity contribution >= 4 is 42.2 Å². The highest BCUT2D eigenvalue weighted by Crippen LogP contribution is 2.13. The van der Waals surface area contributed by atoms with E-state index in [0.717, 1.165) is 6.42 Å². The maximum absolute atomic E-state index is 13.5. The van der Waals surface area contributed by atoms with Gasteiger partial charge in [0.05, 0.1) is 6.04 Å². The highest BCUT2D eigenvalue weighted by atomic mass is 32.1. The summed E-state index contributed by atoms with van der Waals surface area (Å²) in [5.74, 6) is -3.75. The Balaban J connectivity index is 2.26. The third-order valence-corrected chi connectivity index (χ3v) is 6.98. The zero-order valence-electron chi connectivity index (χ0n) is 23.4. The van der Waals surface area contributed by atoms with E-state index >= 15 is 0 Å². The average molecular weight is 595 g/mol. The Kier molecular flexibility index (Phi) is 13.9. The van der Waals surface area contributed by atoms with E-state index in [0.29, 0.717) is 18.5 Å². The molecule has 1 aliphatic rings. The van der Waals surface area contributed by atoms with Gasteiger partial charge in [0, 0.05) is 12.2 Å². The molecular weight excluding hydrogens is 552 g/mol. The Labute approximate surface area is 245 Å². The molecule has 1 heterocycles. The minimum absolute atomic E-state index is 0.00966. The monoisotopic (exact) mass is 594 g/mol. The number of phenolic OH excluding ortho intramolecular Hbond substituents is 1. The van der Waals surface area contributed by atoms with Gasteiger partial charge in [-0.3, -0.25) is 19.2 Å². The quantitative estimate of drug-likeness (QED) is 0.108. The molecule has 1 aromatic carbocycles. The van der Waals surface area contributed by atoms with Crippen LogP contribution in [0.15, 0.2) is 24.3 Å². The van der Waals surface area contributed by atoms with Crippen molar-refractivity contribution in [1.29, 1.82) is 0 Å². The van der Waals surface area contributed by atoms with Gasteiger partial charge in [0.15, 0.2) is 0 Å². The number of amides is 4. The molecule has 0 saturated carbocycles. The van der Waals surface area contributed by atoms with Crippen molar-refractivity contribution in [3.05, 3.63) is 29.8 Å². The number of nitrogens with two attached hydrogens (primary N) is 1. The largest absolute Gasteiger partial charge is 0.508 e. The van der Waals surface area contributed by atoms with Crippen molar-refractivity contribution in [3.8, 4) is 5.75 Å². The van der Waals surface area contributed by atoms with E-state index in [2.05, 4.69) is 39.2 Å². The molecule has 0 unspecified atom stereocenters. The minimum Gasteiger partial charge on any atom is -0.508 e. The van der Waals surface area contributed by atoms with Gasteiger partial charge in [-0.25, -0.2) is 4.79 Å². The van der Waals surface area contributed by atoms with Gasteiger partial charge in [-0.2, -0.15) is 12.6 Å². The van der Waals surface area contributed by atoms with E-state index in [1.807, 2.05) is 13.8 Å². The Morgan fingerprint density at radius 1 is 0.951 bits per heavy atom. The lowest BCUT2D eigenvalue weighted by Crippen LogP contribution is -2.59. The summed E-state index contributed by atoms with van der Waals surface area (Å²) in [7, 11) is 0. The number of aromatic hydroxyl groups is 1. The van der Waals surface area contributed by atoms with Crippen LogP contribution in [0.2, 0.25) is 0 Å². The van der Waals surface area contributed by atoms with Crippen LogP contribution in [0.1, 0.15) is 45.1 Å². The molecule has 0 aromatic heterocycles. The van der Waals surface area contributed by atoms with Gasteiger partial charge >= 0.3 is 5.97 Å². The first-order valence-electron chi connectivity index (χ1n) is 13.7. The first-order chi connectivity index (χ1) is 19.4. The second kappa shape index (κ2) is 16.8. The molecule has 0 bridgehead atoms. The van der Waals surface area contributed by atoms with Gasteiger partial charge in [-0.1, -0.05) is 26.0 Å². The Morgan fingerprint density at radius 2 is 1.54 bits per heavy atom. The van der Waals surface area contributed by atoms with Crippen LogP contribution in [-0.2, 0) is 30.4 Å². The summed E-state index contributed by atoms with van der Waals surface area (Å²) < 4.78 is 0. The molecule has 228 valence electrons. The van der Waals surface area contributed by atoms with Gasteiger partial charge in [-0.05, 0) is 62.4 Å². The summed E-state index contributed by atoms with van der Waals surface area (Å²) in [4.78, 5) is 63.9. The number of thiol groups is 1. The number of carboxylic acid groups (broad SMARTS) is 1. The Bertz CT molecular complexity index is 1050. The zero-order chi connectivity index (χ0) is 30.5. The molecule has 1 saturated heterocycles. The topological polar surface area (TPSA) is 212 Å². The van der Waals surface area contributed by atoms with E-state index in [1.165, 1.54) is 12.1 Å². The first kappa shape index (κ1) is 33.8. The summed E-state index contributed by atoms with van der Waals surface area (Å²) in [5, 5.41) is 32.5. The lowest BCUT2D eigenvalue weighted by atomic mass is 10.0. The van der Waals surface area contributed by atoms with Crippen LogP contribution in [0.4, 0.5) is 0 Å². The van der Waals surface area contributed by atoms with Crippen LogP contribution in [0, 0.1) is 5.92 Å². The molecule has 1 aliphatic heterocycles. The number of aliphatic carboxylic acids is 1. The Morgan fingerprint density at radius 3 is 2.07 bits per heavy atom. The van der Waals surface area contributed by atoms with E-state index in [4.69, 9.17) is 5.73 Å². The third-order valence-electron chi connectivity index (χ3n) is 6.61. The fourth-order valence-electron chi connectivity index (χ4n) is 4.40. The second-order valence-electron chi connectivity index (χ2n) is 10.5. The van der Waals surface area contributed by atoms with Crippen molar-refractivity contribution in [2.75, 3.05) is 18.8 Å². The molecule has 9 N–H and O–H groups in total. The smallest absolute Gasteiger partial charge is 0.327 e. The predicted octanol–water partition coefficient (Wildman–Crippen LogP) is -0.965. The van der Waals surface area contributed by atoms with E-state index in [-0.39, 0.29) is 49.1 Å². The van der Waals surface area contributed by atoms with E-state index in [9.17, 15) is 34.2 Å². The van der Waals surface area contributed by atoms with Crippen LogP contribution in [0.5, 0.6) is 5.75 Å². The van der Waals surface area contributed by atoms with Crippen LogP contribution in [0.3, 0.4) is 0 Å². The van der Waals surface area contributed by atoms with Crippen LogP contribution < -0.4 is 32.3 Å². The standard InChI is InChI=1S/C27H42N6O7S/c1-15(2)12-20(25(37)33-22(14-41)27(39)40)31-26(38)21(13-16-5-7-17(34)8-6-16)32-24(36)19(9-10-28)30-23(35)18-4-3-11-29-18/h5-8,15,18-22,29,34,41H,3-4,9-14,28H2,1-2H3,(H,30,35)(H,31,38)(H,32,36)(H,33,37)(H,39,40)/t18-,19-,20-,21-,22-/m0/s1. The molecule has 41 heavy (non-hydrogen) atoms. The number of carbonyl (C=O) groups is 5. The number of rotatable bonds is 16. The fourth-order valence-corrected chi connectivity index (χ4v) is 4.65. The van der Waals surface area contributed by atoms with Crippen LogP contribution in [-0.4, -0.2) is 88.9 Å². The van der Waals surface area contributed by atoms with Crippen molar-refractivity contribution in [2.24, 2.45) is 11.7 Å². The maximum Gasteiger partial charge on any atom is 0.327 e. The highest BCUT2D eigenvalue weighted by Gasteiger charge is 2.32. The SMILES string of the molecule is CC(C)C[C@H](NC(=O)[C@H](Cc1ccc(O)cc1)NC(=O)[C@H](CCN)NC(=O)[C@@H]1CCCN1)C(=O)N[C@@H](CS)C(=O)O. The molecule has 5 atom stereocenters. The lowest BCUT2D eigenvalue weighted by Gasteiger charge is -2.27. The molecule has 0 radical (unpaired) electrons. The maximum atomic E-state index is 13.5. The fraction of sp³-hybridized carbons (Fsp3) is 0.593. The lowest BCUT2D eigenvalue weighted by molar-refractivity contribution is -0.141. The minimum atomic E-state index is -1.26. The molecule has 14 heteroatoms. The number of hydrogen-bond donors (Lipinski definition) is 9. The van der Waals surface area contributed by atoms with Crippen molar-refractivity contribution < 1.29 is 34.2 Å². The third kappa shape index (κ3) is 11.2. The zero-order valence-corrected chi connectivity index (χ0v) is 24.3. The van der Waals surface area contributed by atoms with Crippen LogP contribution >= 0.6 is 12.6 Å². The number of carbonyl (C=O) groups excluding carboxylic acids is 4. The summed E-state index contributed by atoms with van der Waals surface area (Å²) in [5.41, 5.74) is 6.32. The molecule has 13 nitrogen and oxygen atoms in total. The molecular formula is C27H42N6O7S. The van der Waals surface area contributed by atoms with Gasteiger partial charge in [0.25, 0.3) is 0 Å². The molecule has 1 aromatic rings. The molecule has 4 amide bonds. The molecule has 1 fully saturated rings. The number of nitrogens with one attached hydrogen (secondary N) is 5. The number of hydrogen-bond acceptors (Lipinski definition) is 9. The summed E-state index contributed by atoms with van der Waals surface area (Å²) in [6.45, 7) is 4.49. The van der Waals surface area contributed by atoms with E-state index in [1.54, 1.807) is 12.1 Å². The number of benzene rings is 1. The molecule has 0 aliphatic carbocycles. The van der Waals surface area contributed by atoms with Crippen molar-refractivity contribution in [3.63, 3.8) is 0 Å². The van der Waals surface area contributed by atoms with E-state index < -0.39 is 53.9 Å². The Hall–Kier alpha value is -3.36. The molecule has 0 spiro atoms.